The zero-order valence-electron chi connectivity index (χ0n) is 16.4. The number of amides is 1. The van der Waals surface area contributed by atoms with E-state index < -0.39 is 17.5 Å². The summed E-state index contributed by atoms with van der Waals surface area (Å²) in [6.45, 7) is 1.99. The maximum absolute atomic E-state index is 13.8. The van der Waals surface area contributed by atoms with Gasteiger partial charge in [0.2, 0.25) is 0 Å². The van der Waals surface area contributed by atoms with E-state index in [1.165, 1.54) is 25.7 Å². The highest BCUT2D eigenvalue weighted by Gasteiger charge is 2.14. The highest BCUT2D eigenvalue weighted by atomic mass is 19.1. The van der Waals surface area contributed by atoms with Crippen LogP contribution in [0.4, 0.5) is 20.3 Å². The van der Waals surface area contributed by atoms with Crippen LogP contribution < -0.4 is 10.2 Å². The Bertz CT molecular complexity index is 1030. The molecule has 1 amide bonds. The van der Waals surface area contributed by atoms with Crippen molar-refractivity contribution in [3.8, 4) is 11.3 Å². The first-order valence-electron chi connectivity index (χ1n) is 10.1. The fraction of sp³-hybridized carbons (Fsp3) is 0.261. The molecule has 0 bridgehead atoms. The van der Waals surface area contributed by atoms with Gasteiger partial charge in [0.15, 0.2) is 5.82 Å². The number of carbonyl (C=O) groups excluding carboxylic acids is 1. The third kappa shape index (κ3) is 4.62. The van der Waals surface area contributed by atoms with Gasteiger partial charge in [0.1, 0.15) is 11.6 Å². The minimum absolute atomic E-state index is 0.219. The monoisotopic (exact) mass is 408 g/mol. The summed E-state index contributed by atoms with van der Waals surface area (Å²) in [5.41, 5.74) is 1.72. The van der Waals surface area contributed by atoms with E-state index in [0.717, 1.165) is 36.6 Å². The van der Waals surface area contributed by atoms with Gasteiger partial charge in [-0.05, 0) is 49.2 Å². The van der Waals surface area contributed by atoms with Crippen LogP contribution in [0, 0.1) is 11.6 Å². The minimum atomic E-state index is -0.904. The van der Waals surface area contributed by atoms with Gasteiger partial charge in [0, 0.05) is 30.4 Å². The van der Waals surface area contributed by atoms with Crippen LogP contribution in [0.2, 0.25) is 0 Å². The molecule has 1 aliphatic heterocycles. The van der Waals surface area contributed by atoms with Crippen LogP contribution >= 0.6 is 0 Å². The van der Waals surface area contributed by atoms with Crippen LogP contribution in [-0.2, 0) is 0 Å². The number of hydrogen-bond donors (Lipinski definition) is 1. The molecule has 2 aromatic carbocycles. The molecule has 154 valence electrons. The first-order chi connectivity index (χ1) is 14.6. The van der Waals surface area contributed by atoms with E-state index in [0.29, 0.717) is 17.4 Å². The van der Waals surface area contributed by atoms with Crippen molar-refractivity contribution in [2.75, 3.05) is 23.3 Å². The number of carbonyl (C=O) groups is 1. The molecular weight excluding hydrogens is 386 g/mol. The van der Waals surface area contributed by atoms with Crippen LogP contribution in [0.15, 0.2) is 54.6 Å². The number of aromatic nitrogens is 2. The molecule has 4 rings (SSSR count). The molecule has 1 saturated heterocycles. The van der Waals surface area contributed by atoms with E-state index in [2.05, 4.69) is 20.4 Å². The van der Waals surface area contributed by atoms with Crippen molar-refractivity contribution in [2.24, 2.45) is 0 Å². The van der Waals surface area contributed by atoms with Crippen LogP contribution in [-0.4, -0.2) is 29.2 Å². The molecule has 0 saturated carbocycles. The Balaban J connectivity index is 1.49. The fourth-order valence-electron chi connectivity index (χ4n) is 3.58. The Hall–Kier alpha value is -3.35. The van der Waals surface area contributed by atoms with Gasteiger partial charge in [-0.2, -0.15) is 0 Å². The molecule has 0 unspecified atom stereocenters. The number of halogens is 2. The number of hydrogen-bond acceptors (Lipinski definition) is 4. The molecular formula is C23H22F2N4O. The number of nitrogens with zero attached hydrogens (tertiary/aromatic N) is 3. The molecule has 1 N–H and O–H groups in total. The van der Waals surface area contributed by atoms with Gasteiger partial charge in [-0.25, -0.2) is 8.78 Å². The first kappa shape index (κ1) is 19.9. The maximum atomic E-state index is 13.8. The number of benzene rings is 2. The van der Waals surface area contributed by atoms with Gasteiger partial charge in [-0.3, -0.25) is 4.79 Å². The van der Waals surface area contributed by atoms with Crippen molar-refractivity contribution in [2.45, 2.75) is 25.7 Å². The van der Waals surface area contributed by atoms with Gasteiger partial charge >= 0.3 is 0 Å². The van der Waals surface area contributed by atoms with Crippen LogP contribution in [0.5, 0.6) is 0 Å². The number of nitrogens with one attached hydrogen (secondary N) is 1. The SMILES string of the molecule is O=C(Nc1cccc(-c2ccc(N3CCCCCC3)nn2)c1)c1ccc(F)cc1F. The molecule has 1 aliphatic rings. The molecule has 3 aromatic rings. The summed E-state index contributed by atoms with van der Waals surface area (Å²) in [7, 11) is 0. The standard InChI is InChI=1S/C23H22F2N4O/c24-17-8-9-19(20(25)15-17)23(30)26-18-7-5-6-16(14-18)21-10-11-22(28-27-21)29-12-3-1-2-4-13-29/h5-11,14-15H,1-4,12-13H2,(H,26,30). The largest absolute Gasteiger partial charge is 0.355 e. The van der Waals surface area contributed by atoms with Gasteiger partial charge in [0.25, 0.3) is 5.91 Å². The third-order valence-corrected chi connectivity index (χ3v) is 5.17. The predicted molar refractivity (Wildman–Crippen MR) is 112 cm³/mol. The van der Waals surface area contributed by atoms with E-state index in [4.69, 9.17) is 0 Å². The van der Waals surface area contributed by atoms with Gasteiger partial charge in [0.05, 0.1) is 11.3 Å². The van der Waals surface area contributed by atoms with Gasteiger partial charge in [-0.1, -0.05) is 25.0 Å². The summed E-state index contributed by atoms with van der Waals surface area (Å²) in [4.78, 5) is 14.6. The molecule has 2 heterocycles. The molecule has 1 fully saturated rings. The molecule has 0 aliphatic carbocycles. The highest BCUT2D eigenvalue weighted by Crippen LogP contribution is 2.23. The average Bonchev–Trinajstić information content (AvgIpc) is 3.03. The Kier molecular flexibility index (Phi) is 5.97. The van der Waals surface area contributed by atoms with Crippen LogP contribution in [0.3, 0.4) is 0 Å². The van der Waals surface area contributed by atoms with E-state index in [9.17, 15) is 13.6 Å². The molecule has 0 spiro atoms. The second-order valence-corrected chi connectivity index (χ2v) is 7.34. The van der Waals surface area contributed by atoms with E-state index >= 15 is 0 Å². The van der Waals surface area contributed by atoms with Crippen molar-refractivity contribution >= 4 is 17.4 Å². The molecule has 0 radical (unpaired) electrons. The fourth-order valence-corrected chi connectivity index (χ4v) is 3.58. The Morgan fingerprint density at radius 2 is 1.70 bits per heavy atom. The average molecular weight is 408 g/mol. The summed E-state index contributed by atoms with van der Waals surface area (Å²) in [6, 6.07) is 13.8. The van der Waals surface area contributed by atoms with Crippen LogP contribution in [0.1, 0.15) is 36.0 Å². The quantitative estimate of drug-likeness (QED) is 0.656. The maximum Gasteiger partial charge on any atom is 0.258 e. The summed E-state index contributed by atoms with van der Waals surface area (Å²) in [6.07, 6.45) is 4.84. The molecule has 7 heteroatoms. The lowest BCUT2D eigenvalue weighted by Gasteiger charge is -2.20. The second-order valence-electron chi connectivity index (χ2n) is 7.34. The third-order valence-electron chi connectivity index (χ3n) is 5.17. The van der Waals surface area contributed by atoms with E-state index in [1.807, 2.05) is 18.2 Å². The minimum Gasteiger partial charge on any atom is -0.355 e. The summed E-state index contributed by atoms with van der Waals surface area (Å²) in [5, 5.41) is 11.4. The van der Waals surface area contributed by atoms with E-state index in [-0.39, 0.29) is 5.56 Å². The molecule has 0 atom stereocenters. The summed E-state index contributed by atoms with van der Waals surface area (Å²) >= 11 is 0. The second kappa shape index (κ2) is 8.98. The first-order valence-corrected chi connectivity index (χ1v) is 10.1. The van der Waals surface area contributed by atoms with Gasteiger partial charge in [-0.15, -0.1) is 10.2 Å². The smallest absolute Gasteiger partial charge is 0.258 e. The van der Waals surface area contributed by atoms with Crippen molar-refractivity contribution < 1.29 is 13.6 Å². The lowest BCUT2D eigenvalue weighted by Crippen LogP contribution is -2.25. The zero-order chi connectivity index (χ0) is 20.9. The summed E-state index contributed by atoms with van der Waals surface area (Å²) < 4.78 is 26.9. The lowest BCUT2D eigenvalue weighted by atomic mass is 10.1. The predicted octanol–water partition coefficient (Wildman–Crippen LogP) is 5.05. The molecule has 30 heavy (non-hydrogen) atoms. The molecule has 5 nitrogen and oxygen atoms in total. The lowest BCUT2D eigenvalue weighted by molar-refractivity contribution is 0.102. The number of rotatable bonds is 4. The zero-order valence-corrected chi connectivity index (χ0v) is 16.4. The Labute approximate surface area is 173 Å². The molecule has 1 aromatic heterocycles. The Morgan fingerprint density at radius 3 is 2.40 bits per heavy atom. The number of anilines is 2. The van der Waals surface area contributed by atoms with Crippen molar-refractivity contribution in [3.63, 3.8) is 0 Å². The normalized spacial score (nSPS) is 14.3. The van der Waals surface area contributed by atoms with Crippen LogP contribution in [0.25, 0.3) is 11.3 Å². The van der Waals surface area contributed by atoms with Crippen molar-refractivity contribution in [3.05, 3.63) is 71.8 Å². The Morgan fingerprint density at radius 1 is 0.900 bits per heavy atom. The van der Waals surface area contributed by atoms with E-state index in [1.54, 1.807) is 18.2 Å². The van der Waals surface area contributed by atoms with Crippen molar-refractivity contribution in [1.29, 1.82) is 0 Å². The van der Waals surface area contributed by atoms with Gasteiger partial charge < -0.3 is 10.2 Å². The summed E-state index contributed by atoms with van der Waals surface area (Å²) in [5.74, 6) is -1.41. The topological polar surface area (TPSA) is 58.1 Å². The highest BCUT2D eigenvalue weighted by molar-refractivity contribution is 6.04. The van der Waals surface area contributed by atoms with Crippen molar-refractivity contribution in [1.82, 2.24) is 10.2 Å².